The minimum absolute atomic E-state index is 0.403. The highest BCUT2D eigenvalue weighted by atomic mass is 16.4. The van der Waals surface area contributed by atoms with Crippen LogP contribution in [0.4, 0.5) is 0 Å². The van der Waals surface area contributed by atoms with E-state index in [0.717, 1.165) is 11.1 Å². The lowest BCUT2D eigenvalue weighted by Gasteiger charge is -2.21. The molecule has 0 spiro atoms. The Morgan fingerprint density at radius 2 is 1.04 bits per heavy atom. The fraction of sp³-hybridized carbons (Fsp3) is 0.636. The van der Waals surface area contributed by atoms with Crippen molar-refractivity contribution in [2.45, 2.75) is 78.4 Å². The monoisotopic (exact) mass is 394 g/mol. The van der Waals surface area contributed by atoms with Crippen molar-refractivity contribution >= 4 is 11.9 Å². The Kier molecular flexibility index (Phi) is 8.64. The predicted octanol–water partition coefficient (Wildman–Crippen LogP) is 3.28. The van der Waals surface area contributed by atoms with Crippen LogP contribution in [0, 0.1) is 10.8 Å². The number of carboxylic acids is 2. The molecule has 0 aromatic heterocycles. The first kappa shape index (κ1) is 24.1. The second-order valence-corrected chi connectivity index (χ2v) is 8.99. The summed E-state index contributed by atoms with van der Waals surface area (Å²) in [5, 5.41) is 38.6. The largest absolute Gasteiger partial charge is 0.481 e. The predicted molar refractivity (Wildman–Crippen MR) is 107 cm³/mol. The lowest BCUT2D eigenvalue weighted by molar-refractivity contribution is -0.148. The summed E-state index contributed by atoms with van der Waals surface area (Å²) >= 11 is 0. The topological polar surface area (TPSA) is 115 Å². The van der Waals surface area contributed by atoms with Crippen LogP contribution < -0.4 is 0 Å². The van der Waals surface area contributed by atoms with Crippen LogP contribution in [-0.4, -0.2) is 44.6 Å². The molecular formula is C22H34O6. The molecule has 6 heteroatoms. The molecule has 1 rings (SSSR count). The highest BCUT2D eigenvalue weighted by Crippen LogP contribution is 2.25. The highest BCUT2D eigenvalue weighted by Gasteiger charge is 2.28. The Balaban J connectivity index is 2.48. The van der Waals surface area contributed by atoms with Gasteiger partial charge in [-0.2, -0.15) is 0 Å². The van der Waals surface area contributed by atoms with Crippen molar-refractivity contribution in [3.8, 4) is 0 Å². The Labute approximate surface area is 167 Å². The van der Waals surface area contributed by atoms with Crippen molar-refractivity contribution in [3.05, 3.63) is 35.4 Å². The van der Waals surface area contributed by atoms with Gasteiger partial charge in [-0.25, -0.2) is 0 Å². The molecule has 0 heterocycles. The third-order valence-electron chi connectivity index (χ3n) is 5.33. The maximum Gasteiger partial charge on any atom is 0.309 e. The first-order valence-corrected chi connectivity index (χ1v) is 9.74. The first-order chi connectivity index (χ1) is 12.8. The summed E-state index contributed by atoms with van der Waals surface area (Å²) in [6.07, 6.45) is 1.33. The summed E-state index contributed by atoms with van der Waals surface area (Å²) < 4.78 is 0. The van der Waals surface area contributed by atoms with E-state index in [0.29, 0.717) is 38.5 Å². The molecule has 0 fully saturated rings. The molecule has 2 unspecified atom stereocenters. The zero-order valence-electron chi connectivity index (χ0n) is 17.3. The van der Waals surface area contributed by atoms with Crippen molar-refractivity contribution in [1.82, 2.24) is 0 Å². The fourth-order valence-electron chi connectivity index (χ4n) is 2.83. The lowest BCUT2D eigenvalue weighted by Crippen LogP contribution is -2.26. The summed E-state index contributed by atoms with van der Waals surface area (Å²) in [5.41, 5.74) is 0.198. The normalized spacial score (nSPS) is 14.5. The third kappa shape index (κ3) is 7.98. The summed E-state index contributed by atoms with van der Waals surface area (Å²) in [6.45, 7) is 6.61. The molecule has 6 nitrogen and oxygen atoms in total. The summed E-state index contributed by atoms with van der Waals surface area (Å²) in [7, 11) is 0. The molecule has 0 saturated carbocycles. The molecular weight excluding hydrogens is 360 g/mol. The maximum absolute atomic E-state index is 11.1. The number of aliphatic hydroxyl groups excluding tert-OH is 2. The summed E-state index contributed by atoms with van der Waals surface area (Å²) in [5.74, 6) is -1.73. The van der Waals surface area contributed by atoms with E-state index in [-0.39, 0.29) is 0 Å². The van der Waals surface area contributed by atoms with Crippen molar-refractivity contribution in [2.24, 2.45) is 10.8 Å². The fourth-order valence-corrected chi connectivity index (χ4v) is 2.83. The summed E-state index contributed by atoms with van der Waals surface area (Å²) in [4.78, 5) is 22.2. The van der Waals surface area contributed by atoms with E-state index < -0.39 is 35.0 Å². The average molecular weight is 395 g/mol. The average Bonchev–Trinajstić information content (AvgIpc) is 2.60. The van der Waals surface area contributed by atoms with Gasteiger partial charge in [0.2, 0.25) is 0 Å². The van der Waals surface area contributed by atoms with E-state index in [1.54, 1.807) is 27.7 Å². The number of hydrogen-bond donors (Lipinski definition) is 4. The molecule has 0 aliphatic heterocycles. The zero-order valence-corrected chi connectivity index (χ0v) is 17.3. The van der Waals surface area contributed by atoms with Gasteiger partial charge in [0.05, 0.1) is 23.0 Å². The van der Waals surface area contributed by atoms with Crippen LogP contribution in [0.25, 0.3) is 0 Å². The summed E-state index contributed by atoms with van der Waals surface area (Å²) in [6, 6.07) is 7.59. The number of rotatable bonds is 12. The smallest absolute Gasteiger partial charge is 0.309 e. The van der Waals surface area contributed by atoms with Crippen LogP contribution >= 0.6 is 0 Å². The van der Waals surface area contributed by atoms with Crippen molar-refractivity contribution in [3.63, 3.8) is 0 Å². The highest BCUT2D eigenvalue weighted by molar-refractivity contribution is 5.73. The zero-order chi connectivity index (χ0) is 21.5. The second-order valence-electron chi connectivity index (χ2n) is 8.99. The molecule has 1 aromatic rings. The van der Waals surface area contributed by atoms with Crippen molar-refractivity contribution < 1.29 is 30.0 Å². The van der Waals surface area contributed by atoms with E-state index in [1.807, 2.05) is 24.3 Å². The first-order valence-electron chi connectivity index (χ1n) is 9.74. The van der Waals surface area contributed by atoms with Crippen molar-refractivity contribution in [1.29, 1.82) is 0 Å². The second kappa shape index (κ2) is 10.0. The molecule has 1 aromatic carbocycles. The molecule has 158 valence electrons. The van der Waals surface area contributed by atoms with Gasteiger partial charge in [-0.15, -0.1) is 0 Å². The van der Waals surface area contributed by atoms with Crippen LogP contribution in [0.1, 0.15) is 64.5 Å². The molecule has 0 saturated heterocycles. The molecule has 2 atom stereocenters. The van der Waals surface area contributed by atoms with E-state index in [4.69, 9.17) is 10.2 Å². The number of aliphatic carboxylic acids is 2. The standard InChI is InChI=1S/C22H34O6/c1-21(2,19(25)26)11-9-17(23)13-15-5-7-16(8-6-15)14-18(24)10-12-22(3,4)20(27)28/h5-8,17-18,23-24H,9-14H2,1-4H3,(H,25,26)(H,27,28). The molecule has 0 radical (unpaired) electrons. The Morgan fingerprint density at radius 3 is 1.29 bits per heavy atom. The van der Waals surface area contributed by atoms with Gasteiger partial charge in [0.15, 0.2) is 0 Å². The Morgan fingerprint density at radius 1 is 0.750 bits per heavy atom. The third-order valence-corrected chi connectivity index (χ3v) is 5.33. The minimum atomic E-state index is -0.866. The van der Waals surface area contributed by atoms with E-state index in [2.05, 4.69) is 0 Å². The molecule has 28 heavy (non-hydrogen) atoms. The van der Waals surface area contributed by atoms with Gasteiger partial charge in [0, 0.05) is 0 Å². The Hall–Kier alpha value is -1.92. The van der Waals surface area contributed by atoms with Crippen LogP contribution in [0.5, 0.6) is 0 Å². The van der Waals surface area contributed by atoms with E-state index in [1.165, 1.54) is 0 Å². The van der Waals surface area contributed by atoms with Gasteiger partial charge in [0.1, 0.15) is 0 Å². The number of hydrogen-bond acceptors (Lipinski definition) is 4. The number of benzene rings is 1. The maximum atomic E-state index is 11.1. The lowest BCUT2D eigenvalue weighted by atomic mass is 9.85. The van der Waals surface area contributed by atoms with Gasteiger partial charge in [-0.1, -0.05) is 24.3 Å². The van der Waals surface area contributed by atoms with Gasteiger partial charge >= 0.3 is 11.9 Å². The minimum Gasteiger partial charge on any atom is -0.481 e. The van der Waals surface area contributed by atoms with Gasteiger partial charge < -0.3 is 20.4 Å². The molecule has 0 aliphatic carbocycles. The van der Waals surface area contributed by atoms with Crippen molar-refractivity contribution in [2.75, 3.05) is 0 Å². The number of carboxylic acid groups (broad SMARTS) is 2. The molecule has 4 N–H and O–H groups in total. The van der Waals surface area contributed by atoms with Crippen LogP contribution in [-0.2, 0) is 22.4 Å². The quantitative estimate of drug-likeness (QED) is 0.432. The van der Waals surface area contributed by atoms with Gasteiger partial charge in [0.25, 0.3) is 0 Å². The molecule has 0 aliphatic rings. The van der Waals surface area contributed by atoms with Crippen LogP contribution in [0.2, 0.25) is 0 Å². The number of carbonyl (C=O) groups is 2. The van der Waals surface area contributed by atoms with Gasteiger partial charge in [-0.05, 0) is 77.3 Å². The van der Waals surface area contributed by atoms with E-state index >= 15 is 0 Å². The Bertz CT molecular complexity index is 590. The molecule has 0 amide bonds. The van der Waals surface area contributed by atoms with Crippen LogP contribution in [0.15, 0.2) is 24.3 Å². The van der Waals surface area contributed by atoms with E-state index in [9.17, 15) is 19.8 Å². The molecule has 0 bridgehead atoms. The SMILES string of the molecule is CC(C)(CCC(O)Cc1ccc(CC(O)CCC(C)(C)C(=O)O)cc1)C(=O)O. The van der Waals surface area contributed by atoms with Crippen LogP contribution in [0.3, 0.4) is 0 Å². The van der Waals surface area contributed by atoms with Gasteiger partial charge in [-0.3, -0.25) is 9.59 Å². The number of aliphatic hydroxyl groups is 2.